The van der Waals surface area contributed by atoms with Crippen molar-refractivity contribution in [3.05, 3.63) is 131 Å². The van der Waals surface area contributed by atoms with E-state index in [0.717, 1.165) is 35.9 Å². The van der Waals surface area contributed by atoms with Gasteiger partial charge in [-0.3, -0.25) is 4.79 Å². The smallest absolute Gasteiger partial charge is 0.251 e. The van der Waals surface area contributed by atoms with Gasteiger partial charge in [-0.2, -0.15) is 4.31 Å². The normalized spacial score (nSPS) is 15.3. The fourth-order valence-electron chi connectivity index (χ4n) is 5.74. The number of aryl methyl sites for hydroxylation is 1. The number of rotatable bonds is 13. The van der Waals surface area contributed by atoms with Gasteiger partial charge in [-0.05, 0) is 78.1 Å². The van der Waals surface area contributed by atoms with Crippen molar-refractivity contribution < 1.29 is 27.1 Å². The van der Waals surface area contributed by atoms with Crippen LogP contribution in [0.1, 0.15) is 34.0 Å². The molecule has 47 heavy (non-hydrogen) atoms. The van der Waals surface area contributed by atoms with Crippen LogP contribution in [0.2, 0.25) is 0 Å². The van der Waals surface area contributed by atoms with E-state index in [9.17, 15) is 27.1 Å². The molecule has 4 aromatic rings. The molecule has 1 fully saturated rings. The number of carbonyl (C=O) groups excluding carboxylic acids is 1. The van der Waals surface area contributed by atoms with Gasteiger partial charge in [0.15, 0.2) is 0 Å². The molecule has 0 unspecified atom stereocenters. The first kappa shape index (κ1) is 34.2. The quantitative estimate of drug-likeness (QED) is 0.195. The fourth-order valence-corrected chi connectivity index (χ4v) is 7.16. The molecule has 1 amide bonds. The number of aliphatic hydroxyl groups excluding tert-OH is 1. The Bertz CT molecular complexity index is 1730. The summed E-state index contributed by atoms with van der Waals surface area (Å²) in [6.07, 6.45) is -0.238. The third kappa shape index (κ3) is 9.01. The number of aliphatic hydroxyl groups is 1. The number of piperazine rings is 1. The molecule has 1 aliphatic heterocycles. The van der Waals surface area contributed by atoms with E-state index in [2.05, 4.69) is 28.5 Å². The number of para-hydroxylation sites is 1. The molecule has 0 saturated carbocycles. The summed E-state index contributed by atoms with van der Waals surface area (Å²) in [5.74, 6) is -2.07. The Balaban J connectivity index is 1.24. The summed E-state index contributed by atoms with van der Waals surface area (Å²) in [5, 5.41) is 17.1. The minimum Gasteiger partial charge on any atom is -0.390 e. The molecule has 0 bridgehead atoms. The van der Waals surface area contributed by atoms with Gasteiger partial charge in [0, 0.05) is 56.6 Å². The van der Waals surface area contributed by atoms with Crippen molar-refractivity contribution >= 4 is 21.6 Å². The Morgan fingerprint density at radius 2 is 1.49 bits per heavy atom. The zero-order valence-electron chi connectivity index (χ0n) is 26.3. The van der Waals surface area contributed by atoms with Crippen LogP contribution in [-0.4, -0.2) is 68.6 Å². The van der Waals surface area contributed by atoms with E-state index in [1.807, 2.05) is 48.5 Å². The van der Waals surface area contributed by atoms with E-state index in [0.29, 0.717) is 32.7 Å². The molecule has 1 aliphatic rings. The summed E-state index contributed by atoms with van der Waals surface area (Å²) >= 11 is 0. The second-order valence-corrected chi connectivity index (χ2v) is 13.6. The summed E-state index contributed by atoms with van der Waals surface area (Å²) in [7, 11) is -3.78. The van der Waals surface area contributed by atoms with E-state index < -0.39 is 39.7 Å². The Labute approximate surface area is 275 Å². The van der Waals surface area contributed by atoms with E-state index in [1.165, 1.54) is 34.1 Å². The number of benzene rings is 4. The number of halogens is 2. The summed E-state index contributed by atoms with van der Waals surface area (Å²) in [5.41, 5.74) is 3.73. The number of amides is 1. The minimum absolute atomic E-state index is 0.0317. The number of anilines is 1. The molecule has 3 N–H and O–H groups in total. The average Bonchev–Trinajstić information content (AvgIpc) is 3.08. The zero-order chi connectivity index (χ0) is 33.4. The zero-order valence-corrected chi connectivity index (χ0v) is 27.1. The summed E-state index contributed by atoms with van der Waals surface area (Å²) in [6, 6.07) is 25.7. The predicted octanol–water partition coefficient (Wildman–Crippen LogP) is 4.53. The fraction of sp³-hybridized carbons (Fsp3) is 0.306. The third-order valence-corrected chi connectivity index (χ3v) is 10.3. The standard InChI is InChI=1S/C36H40F2N4O4S/c1-2-26-7-6-8-27(19-26)24-39-25-35(43)34(22-28-20-30(37)23-31(38)21-28)40-36(44)29-11-13-33(14-12-29)47(45,46)42-17-15-41(16-18-42)32-9-4-3-5-10-32/h3-14,19-21,23,34-35,39,43H,2,15-18,22,24-25H2,1H3,(H,40,44)/t34-,35+/m0/s1. The molecular formula is C36H40F2N4O4S. The number of hydrogen-bond donors (Lipinski definition) is 3. The molecule has 0 spiro atoms. The molecular weight excluding hydrogens is 622 g/mol. The number of nitrogens with one attached hydrogen (secondary N) is 2. The van der Waals surface area contributed by atoms with Crippen LogP contribution in [0.5, 0.6) is 0 Å². The molecule has 8 nitrogen and oxygen atoms in total. The van der Waals surface area contributed by atoms with Crippen LogP contribution in [0.25, 0.3) is 0 Å². The lowest BCUT2D eigenvalue weighted by Gasteiger charge is -2.35. The predicted molar refractivity (Wildman–Crippen MR) is 179 cm³/mol. The second-order valence-electron chi connectivity index (χ2n) is 11.7. The van der Waals surface area contributed by atoms with Gasteiger partial charge in [0.05, 0.1) is 17.0 Å². The van der Waals surface area contributed by atoms with Crippen LogP contribution >= 0.6 is 0 Å². The highest BCUT2D eigenvalue weighted by molar-refractivity contribution is 7.89. The molecule has 0 aliphatic carbocycles. The van der Waals surface area contributed by atoms with Crippen LogP contribution in [0.3, 0.4) is 0 Å². The number of carbonyl (C=O) groups is 1. The summed E-state index contributed by atoms with van der Waals surface area (Å²) in [4.78, 5) is 15.5. The largest absolute Gasteiger partial charge is 0.390 e. The highest BCUT2D eigenvalue weighted by atomic mass is 32.2. The Hall–Kier alpha value is -4.16. The highest BCUT2D eigenvalue weighted by Gasteiger charge is 2.29. The molecule has 0 aromatic heterocycles. The average molecular weight is 663 g/mol. The lowest BCUT2D eigenvalue weighted by atomic mass is 10.00. The monoisotopic (exact) mass is 662 g/mol. The first-order chi connectivity index (χ1) is 22.6. The van der Waals surface area contributed by atoms with Gasteiger partial charge in [-0.25, -0.2) is 17.2 Å². The van der Waals surface area contributed by atoms with Crippen molar-refractivity contribution in [2.45, 2.75) is 43.4 Å². The van der Waals surface area contributed by atoms with Gasteiger partial charge in [0.1, 0.15) is 11.6 Å². The van der Waals surface area contributed by atoms with Crippen LogP contribution in [0.4, 0.5) is 14.5 Å². The summed E-state index contributed by atoms with van der Waals surface area (Å²) in [6.45, 7) is 4.44. The van der Waals surface area contributed by atoms with Crippen molar-refractivity contribution in [2.75, 3.05) is 37.6 Å². The molecule has 248 valence electrons. The van der Waals surface area contributed by atoms with Crippen LogP contribution < -0.4 is 15.5 Å². The van der Waals surface area contributed by atoms with E-state index in [-0.39, 0.29) is 29.0 Å². The second kappa shape index (κ2) is 15.6. The van der Waals surface area contributed by atoms with Gasteiger partial charge >= 0.3 is 0 Å². The first-order valence-electron chi connectivity index (χ1n) is 15.7. The van der Waals surface area contributed by atoms with Crippen molar-refractivity contribution in [1.82, 2.24) is 14.9 Å². The van der Waals surface area contributed by atoms with Crippen LogP contribution in [0, 0.1) is 11.6 Å². The molecule has 0 radical (unpaired) electrons. The van der Waals surface area contributed by atoms with E-state index >= 15 is 0 Å². The van der Waals surface area contributed by atoms with Gasteiger partial charge in [-0.15, -0.1) is 0 Å². The molecule has 2 atom stereocenters. The van der Waals surface area contributed by atoms with Crippen molar-refractivity contribution in [2.24, 2.45) is 0 Å². The third-order valence-electron chi connectivity index (χ3n) is 8.36. The number of sulfonamides is 1. The first-order valence-corrected chi connectivity index (χ1v) is 17.2. The van der Waals surface area contributed by atoms with E-state index in [1.54, 1.807) is 0 Å². The molecule has 5 rings (SSSR count). The van der Waals surface area contributed by atoms with Crippen molar-refractivity contribution in [3.63, 3.8) is 0 Å². The number of hydrogen-bond acceptors (Lipinski definition) is 6. The lowest BCUT2D eigenvalue weighted by Crippen LogP contribution is -2.49. The topological polar surface area (TPSA) is 102 Å². The maximum Gasteiger partial charge on any atom is 0.251 e. The highest BCUT2D eigenvalue weighted by Crippen LogP contribution is 2.22. The van der Waals surface area contributed by atoms with Gasteiger partial charge in [0.2, 0.25) is 10.0 Å². The SMILES string of the molecule is CCc1cccc(CNC[C@@H](O)[C@H](Cc2cc(F)cc(F)c2)NC(=O)c2ccc(S(=O)(=O)N3CCN(c4ccccc4)CC3)cc2)c1. The Kier molecular flexibility index (Phi) is 11.4. The molecule has 4 aromatic carbocycles. The molecule has 1 saturated heterocycles. The van der Waals surface area contributed by atoms with Crippen molar-refractivity contribution in [3.8, 4) is 0 Å². The molecule has 11 heteroatoms. The number of nitrogens with zero attached hydrogens (tertiary/aromatic N) is 2. The Morgan fingerprint density at radius 3 is 2.15 bits per heavy atom. The maximum atomic E-state index is 14.0. The van der Waals surface area contributed by atoms with Crippen LogP contribution in [0.15, 0.2) is 102 Å². The van der Waals surface area contributed by atoms with Gasteiger partial charge in [0.25, 0.3) is 5.91 Å². The maximum absolute atomic E-state index is 14.0. The summed E-state index contributed by atoms with van der Waals surface area (Å²) < 4.78 is 56.1. The lowest BCUT2D eigenvalue weighted by molar-refractivity contribution is 0.0829. The van der Waals surface area contributed by atoms with Gasteiger partial charge in [-0.1, -0.05) is 49.4 Å². The van der Waals surface area contributed by atoms with Crippen LogP contribution in [-0.2, 0) is 29.4 Å². The van der Waals surface area contributed by atoms with Gasteiger partial charge < -0.3 is 20.6 Å². The molecule has 1 heterocycles. The van der Waals surface area contributed by atoms with E-state index in [4.69, 9.17) is 0 Å². The Morgan fingerprint density at radius 1 is 0.830 bits per heavy atom. The van der Waals surface area contributed by atoms with Crippen molar-refractivity contribution in [1.29, 1.82) is 0 Å². The minimum atomic E-state index is -3.78.